The summed E-state index contributed by atoms with van der Waals surface area (Å²) >= 11 is 0. The third kappa shape index (κ3) is 3.32. The Bertz CT molecular complexity index is 357. The molecule has 1 fully saturated rings. The number of ketones is 1. The molecule has 1 aliphatic rings. The fourth-order valence-corrected chi connectivity index (χ4v) is 3.15. The first-order valence-electron chi connectivity index (χ1n) is 8.06. The second kappa shape index (κ2) is 7.37. The van der Waals surface area contributed by atoms with E-state index < -0.39 is 5.79 Å². The number of Topliss-reactive ketones (excluding diaryl/α,β-unsaturated/α-hetero) is 1. The molecule has 3 heteroatoms. The molecule has 0 aromatic carbocycles. The molecule has 0 aromatic rings. The van der Waals surface area contributed by atoms with Gasteiger partial charge in [0.25, 0.3) is 0 Å². The molecule has 0 radical (unpaired) electrons. The summed E-state index contributed by atoms with van der Waals surface area (Å²) in [6, 6.07) is 0. The maximum Gasteiger partial charge on any atom is 0.227 e. The summed E-state index contributed by atoms with van der Waals surface area (Å²) in [5.41, 5.74) is 1.12. The van der Waals surface area contributed by atoms with Gasteiger partial charge in [0, 0.05) is 6.42 Å². The number of carbonyl (C=O) groups excluding carboxylic acids is 1. The molecule has 3 atom stereocenters. The Morgan fingerprint density at radius 2 is 1.95 bits per heavy atom. The second-order valence-corrected chi connectivity index (χ2v) is 5.78. The van der Waals surface area contributed by atoms with Crippen molar-refractivity contribution >= 4 is 5.78 Å². The number of carbonyl (C=O) groups is 1. The second-order valence-electron chi connectivity index (χ2n) is 5.78. The third-order valence-electron chi connectivity index (χ3n) is 4.77. The van der Waals surface area contributed by atoms with Gasteiger partial charge in [0.15, 0.2) is 5.78 Å². The predicted octanol–water partition coefficient (Wildman–Crippen LogP) is 3.85. The molecule has 3 nitrogen and oxygen atoms in total. The Kier molecular flexibility index (Phi) is 6.41. The van der Waals surface area contributed by atoms with E-state index in [0.29, 0.717) is 12.3 Å². The zero-order valence-electron chi connectivity index (χ0n) is 13.6. The van der Waals surface area contributed by atoms with Crippen molar-refractivity contribution in [3.8, 4) is 0 Å². The molecular formula is C17H30O3. The summed E-state index contributed by atoms with van der Waals surface area (Å²) in [5, 5.41) is 10.4. The van der Waals surface area contributed by atoms with Crippen LogP contribution in [0.4, 0.5) is 0 Å². The molecule has 1 N–H and O–H groups in total. The number of rotatable bonds is 7. The topological polar surface area (TPSA) is 46.5 Å². The van der Waals surface area contributed by atoms with E-state index >= 15 is 0 Å². The van der Waals surface area contributed by atoms with Crippen molar-refractivity contribution in [2.75, 3.05) is 0 Å². The minimum absolute atomic E-state index is 0.121. The van der Waals surface area contributed by atoms with Crippen LogP contribution >= 0.6 is 0 Å². The molecule has 0 aromatic heterocycles. The number of allylic oxidation sites excluding steroid dienone is 1. The highest BCUT2D eigenvalue weighted by molar-refractivity contribution is 5.90. The Morgan fingerprint density at radius 1 is 1.35 bits per heavy atom. The van der Waals surface area contributed by atoms with Gasteiger partial charge in [-0.2, -0.15) is 0 Å². The van der Waals surface area contributed by atoms with Crippen molar-refractivity contribution in [2.24, 2.45) is 11.8 Å². The fraction of sp³-hybridized carbons (Fsp3) is 0.824. The summed E-state index contributed by atoms with van der Waals surface area (Å²) < 4.78 is 5.79. The smallest absolute Gasteiger partial charge is 0.227 e. The molecule has 1 rings (SSSR count). The van der Waals surface area contributed by atoms with Gasteiger partial charge in [0.1, 0.15) is 0 Å². The van der Waals surface area contributed by atoms with Gasteiger partial charge in [-0.05, 0) is 31.3 Å². The molecule has 1 saturated heterocycles. The van der Waals surface area contributed by atoms with Crippen LogP contribution in [0.25, 0.3) is 0 Å². The Labute approximate surface area is 123 Å². The lowest BCUT2D eigenvalue weighted by Gasteiger charge is -2.23. The van der Waals surface area contributed by atoms with Gasteiger partial charge in [0.2, 0.25) is 5.79 Å². The molecule has 0 bridgehead atoms. The number of hydrogen-bond acceptors (Lipinski definition) is 3. The maximum atomic E-state index is 12.6. The zero-order chi connectivity index (χ0) is 15.3. The average Bonchev–Trinajstić information content (AvgIpc) is 2.71. The summed E-state index contributed by atoms with van der Waals surface area (Å²) in [4.78, 5) is 12.6. The maximum absolute atomic E-state index is 12.6. The molecule has 1 aliphatic heterocycles. The summed E-state index contributed by atoms with van der Waals surface area (Å²) in [6.07, 6.45) is 5.90. The fourth-order valence-electron chi connectivity index (χ4n) is 3.15. The zero-order valence-corrected chi connectivity index (χ0v) is 13.6. The van der Waals surface area contributed by atoms with Gasteiger partial charge in [0.05, 0.1) is 12.0 Å². The predicted molar refractivity (Wildman–Crippen MR) is 81.3 cm³/mol. The van der Waals surface area contributed by atoms with Gasteiger partial charge in [-0.3, -0.25) is 4.79 Å². The largest absolute Gasteiger partial charge is 0.360 e. The first-order chi connectivity index (χ1) is 9.47. The highest BCUT2D eigenvalue weighted by atomic mass is 16.6. The Morgan fingerprint density at radius 3 is 2.35 bits per heavy atom. The number of hydrogen-bond donors (Lipinski definition) is 1. The quantitative estimate of drug-likeness (QED) is 0.721. The average molecular weight is 282 g/mol. The van der Waals surface area contributed by atoms with Gasteiger partial charge in [-0.15, -0.1) is 0 Å². The lowest BCUT2D eigenvalue weighted by molar-refractivity contribution is -0.191. The summed E-state index contributed by atoms with van der Waals surface area (Å²) in [6.45, 7) is 10.2. The van der Waals surface area contributed by atoms with Crippen LogP contribution in [-0.2, 0) is 9.53 Å². The number of ether oxygens (including phenoxy) is 1. The standard InChI is InChI=1S/C17H30O3/c1-6-12(7-2)11-14-15(13(8-3)9-4)20-17(19,10-5)16(14)18/h8,12,14-15,19H,6-7,9-11H2,1-5H3/b13-8+. The first-order valence-corrected chi connectivity index (χ1v) is 8.06. The molecule has 1 heterocycles. The normalized spacial score (nSPS) is 31.4. The first kappa shape index (κ1) is 17.4. The van der Waals surface area contributed by atoms with Crippen LogP contribution < -0.4 is 0 Å². The van der Waals surface area contributed by atoms with E-state index in [1.165, 1.54) is 0 Å². The van der Waals surface area contributed by atoms with Crippen LogP contribution in [0.15, 0.2) is 11.6 Å². The van der Waals surface area contributed by atoms with Crippen molar-refractivity contribution in [1.82, 2.24) is 0 Å². The molecule has 3 unspecified atom stereocenters. The van der Waals surface area contributed by atoms with Gasteiger partial charge >= 0.3 is 0 Å². The van der Waals surface area contributed by atoms with Crippen LogP contribution in [-0.4, -0.2) is 22.8 Å². The van der Waals surface area contributed by atoms with Crippen LogP contribution in [0.5, 0.6) is 0 Å². The lowest BCUT2D eigenvalue weighted by atomic mass is 9.81. The van der Waals surface area contributed by atoms with Crippen LogP contribution in [0.2, 0.25) is 0 Å². The van der Waals surface area contributed by atoms with Crippen molar-refractivity contribution in [1.29, 1.82) is 0 Å². The molecule has 116 valence electrons. The van der Waals surface area contributed by atoms with Crippen molar-refractivity contribution in [2.45, 2.75) is 78.6 Å². The monoisotopic (exact) mass is 282 g/mol. The summed E-state index contributed by atoms with van der Waals surface area (Å²) in [7, 11) is 0. The van der Waals surface area contributed by atoms with Crippen LogP contribution in [0, 0.1) is 11.8 Å². The van der Waals surface area contributed by atoms with Gasteiger partial charge in [-0.25, -0.2) is 0 Å². The molecule has 0 saturated carbocycles. The molecular weight excluding hydrogens is 252 g/mol. The highest BCUT2D eigenvalue weighted by Gasteiger charge is 2.53. The van der Waals surface area contributed by atoms with Gasteiger partial charge in [-0.1, -0.05) is 46.6 Å². The highest BCUT2D eigenvalue weighted by Crippen LogP contribution is 2.40. The lowest BCUT2D eigenvalue weighted by Crippen LogP contribution is -2.36. The SMILES string of the molecule is C/C=C(\CC)C1OC(O)(CC)C(=O)C1CC(CC)CC. The van der Waals surface area contributed by atoms with E-state index in [4.69, 9.17) is 4.74 Å². The van der Waals surface area contributed by atoms with E-state index in [9.17, 15) is 9.90 Å². The van der Waals surface area contributed by atoms with Crippen molar-refractivity contribution in [3.63, 3.8) is 0 Å². The Hall–Kier alpha value is -0.670. The minimum Gasteiger partial charge on any atom is -0.360 e. The van der Waals surface area contributed by atoms with Crippen LogP contribution in [0.1, 0.15) is 66.7 Å². The van der Waals surface area contributed by atoms with E-state index in [1.807, 2.05) is 13.0 Å². The number of aliphatic hydroxyl groups is 1. The summed E-state index contributed by atoms with van der Waals surface area (Å²) in [5.74, 6) is -1.38. The molecule has 0 amide bonds. The minimum atomic E-state index is -1.58. The van der Waals surface area contributed by atoms with E-state index in [1.54, 1.807) is 6.92 Å². The molecule has 0 spiro atoms. The van der Waals surface area contributed by atoms with E-state index in [-0.39, 0.29) is 17.8 Å². The molecule has 20 heavy (non-hydrogen) atoms. The van der Waals surface area contributed by atoms with Crippen molar-refractivity contribution in [3.05, 3.63) is 11.6 Å². The van der Waals surface area contributed by atoms with Crippen molar-refractivity contribution < 1.29 is 14.6 Å². The van der Waals surface area contributed by atoms with E-state index in [2.05, 4.69) is 20.8 Å². The third-order valence-corrected chi connectivity index (χ3v) is 4.77. The van der Waals surface area contributed by atoms with E-state index in [0.717, 1.165) is 31.3 Å². The Balaban J connectivity index is 3.03. The van der Waals surface area contributed by atoms with Crippen LogP contribution in [0.3, 0.4) is 0 Å². The van der Waals surface area contributed by atoms with Gasteiger partial charge < -0.3 is 9.84 Å². The molecule has 0 aliphatic carbocycles.